The number of benzene rings is 2. The summed E-state index contributed by atoms with van der Waals surface area (Å²) in [6.45, 7) is 0.668. The molecule has 0 aliphatic carbocycles. The molecule has 0 spiro atoms. The Bertz CT molecular complexity index is 1060. The van der Waals surface area contributed by atoms with E-state index in [4.69, 9.17) is 9.15 Å². The van der Waals surface area contributed by atoms with E-state index in [1.807, 2.05) is 19.9 Å². The Kier molecular flexibility index (Phi) is 5.21. The van der Waals surface area contributed by atoms with Crippen LogP contribution in [0.4, 0.5) is 8.78 Å². The third kappa shape index (κ3) is 4.31. The lowest BCUT2D eigenvalue weighted by atomic mass is 10.0. The van der Waals surface area contributed by atoms with E-state index in [0.29, 0.717) is 16.5 Å². The second-order valence-electron chi connectivity index (χ2n) is 6.01. The normalized spacial score (nSPS) is 11.0. The number of hydrogen-bond acceptors (Lipinski definition) is 5. The highest BCUT2D eigenvalue weighted by Gasteiger charge is 2.13. The molecular formula is C20H16F2O5. The van der Waals surface area contributed by atoms with E-state index in [2.05, 4.69) is 4.74 Å². The predicted molar refractivity (Wildman–Crippen MR) is 94.2 cm³/mol. The molecule has 0 unspecified atom stereocenters. The minimum absolute atomic E-state index is 0.0625. The number of alkyl halides is 2. The second-order valence-corrected chi connectivity index (χ2v) is 6.01. The fourth-order valence-corrected chi connectivity index (χ4v) is 2.63. The van der Waals surface area contributed by atoms with E-state index in [-0.39, 0.29) is 17.9 Å². The van der Waals surface area contributed by atoms with Crippen molar-refractivity contribution >= 4 is 16.9 Å². The largest absolute Gasteiger partial charge is 0.457 e. The summed E-state index contributed by atoms with van der Waals surface area (Å²) in [5.74, 6) is -0.865. The molecule has 2 aromatic carbocycles. The molecule has 3 aromatic rings. The molecule has 1 aromatic heterocycles. The van der Waals surface area contributed by atoms with Crippen molar-refractivity contribution in [3.63, 3.8) is 0 Å². The van der Waals surface area contributed by atoms with Crippen molar-refractivity contribution in [2.24, 2.45) is 0 Å². The van der Waals surface area contributed by atoms with Crippen LogP contribution in [0.25, 0.3) is 11.0 Å². The molecule has 5 nitrogen and oxygen atoms in total. The van der Waals surface area contributed by atoms with Crippen LogP contribution in [0.3, 0.4) is 0 Å². The van der Waals surface area contributed by atoms with Gasteiger partial charge in [-0.05, 0) is 55.3 Å². The molecular weight excluding hydrogens is 358 g/mol. The Balaban J connectivity index is 1.83. The number of hydrogen-bond donors (Lipinski definition) is 0. The number of halogens is 2. The molecule has 0 amide bonds. The maximum Gasteiger partial charge on any atom is 0.387 e. The van der Waals surface area contributed by atoms with E-state index < -0.39 is 18.2 Å². The van der Waals surface area contributed by atoms with Gasteiger partial charge in [-0.25, -0.2) is 9.59 Å². The van der Waals surface area contributed by atoms with Gasteiger partial charge < -0.3 is 13.9 Å². The van der Waals surface area contributed by atoms with Crippen molar-refractivity contribution < 1.29 is 27.5 Å². The standard InChI is InChI=1S/C20H16F2O5/c1-11-6-16-14(9-18(23)27-17(16)7-12(11)2)10-25-19(24)13-4-3-5-15(8-13)26-20(21)22/h3-9,20H,10H2,1-2H3. The zero-order chi connectivity index (χ0) is 19.6. The molecule has 0 atom stereocenters. The van der Waals surface area contributed by atoms with Gasteiger partial charge in [-0.3, -0.25) is 0 Å². The number of rotatable bonds is 5. The fraction of sp³-hybridized carbons (Fsp3) is 0.200. The van der Waals surface area contributed by atoms with Crippen molar-refractivity contribution in [2.45, 2.75) is 27.1 Å². The maximum atomic E-state index is 12.3. The van der Waals surface area contributed by atoms with Crippen molar-refractivity contribution in [3.8, 4) is 5.75 Å². The monoisotopic (exact) mass is 374 g/mol. The Morgan fingerprint density at radius 1 is 1.11 bits per heavy atom. The number of ether oxygens (including phenoxy) is 2. The van der Waals surface area contributed by atoms with Crippen molar-refractivity contribution in [3.05, 3.63) is 75.1 Å². The van der Waals surface area contributed by atoms with Gasteiger partial charge in [0.2, 0.25) is 0 Å². The summed E-state index contributed by atoms with van der Waals surface area (Å²) < 4.78 is 39.3. The molecule has 27 heavy (non-hydrogen) atoms. The topological polar surface area (TPSA) is 65.7 Å². The summed E-state index contributed by atoms with van der Waals surface area (Å²) in [5.41, 5.74) is 2.38. The highest BCUT2D eigenvalue weighted by atomic mass is 19.3. The molecule has 140 valence electrons. The smallest absolute Gasteiger partial charge is 0.387 e. The van der Waals surface area contributed by atoms with Gasteiger partial charge >= 0.3 is 18.2 Å². The first-order valence-electron chi connectivity index (χ1n) is 8.09. The lowest BCUT2D eigenvalue weighted by Crippen LogP contribution is -2.09. The number of carbonyl (C=O) groups is 1. The van der Waals surface area contributed by atoms with Crippen LogP contribution in [0.2, 0.25) is 0 Å². The molecule has 0 saturated carbocycles. The lowest BCUT2D eigenvalue weighted by Gasteiger charge is -2.10. The van der Waals surface area contributed by atoms with Crippen LogP contribution >= 0.6 is 0 Å². The van der Waals surface area contributed by atoms with E-state index in [1.165, 1.54) is 30.3 Å². The average Bonchev–Trinajstić information content (AvgIpc) is 2.60. The van der Waals surface area contributed by atoms with Gasteiger partial charge in [-0.2, -0.15) is 8.78 Å². The SMILES string of the molecule is Cc1cc2oc(=O)cc(COC(=O)c3cccc(OC(F)F)c3)c2cc1C. The lowest BCUT2D eigenvalue weighted by molar-refractivity contribution is -0.0499. The highest BCUT2D eigenvalue weighted by Crippen LogP contribution is 2.23. The van der Waals surface area contributed by atoms with Crippen LogP contribution in [0.1, 0.15) is 27.0 Å². The Hall–Kier alpha value is -3.22. The van der Waals surface area contributed by atoms with Gasteiger partial charge in [0.1, 0.15) is 17.9 Å². The van der Waals surface area contributed by atoms with Gasteiger partial charge in [-0.1, -0.05) is 6.07 Å². The van der Waals surface area contributed by atoms with Gasteiger partial charge in [0.05, 0.1) is 5.56 Å². The third-order valence-corrected chi connectivity index (χ3v) is 4.10. The second kappa shape index (κ2) is 7.57. The summed E-state index contributed by atoms with van der Waals surface area (Å²) in [6, 6.07) is 10.2. The first kappa shape index (κ1) is 18.6. The van der Waals surface area contributed by atoms with Crippen LogP contribution in [-0.2, 0) is 11.3 Å². The van der Waals surface area contributed by atoms with Crippen LogP contribution in [0.5, 0.6) is 5.75 Å². The first-order chi connectivity index (χ1) is 12.8. The average molecular weight is 374 g/mol. The molecule has 0 aliphatic heterocycles. The molecule has 0 saturated heterocycles. The summed E-state index contributed by atoms with van der Waals surface area (Å²) in [6.07, 6.45) is 0. The maximum absolute atomic E-state index is 12.3. The molecule has 0 aliphatic rings. The van der Waals surface area contributed by atoms with Gasteiger partial charge in [0.15, 0.2) is 0 Å². The number of carbonyl (C=O) groups excluding carboxylic acids is 1. The van der Waals surface area contributed by atoms with Crippen molar-refractivity contribution in [1.82, 2.24) is 0 Å². The molecule has 7 heteroatoms. The van der Waals surface area contributed by atoms with Gasteiger partial charge in [-0.15, -0.1) is 0 Å². The van der Waals surface area contributed by atoms with Crippen molar-refractivity contribution in [2.75, 3.05) is 0 Å². The Morgan fingerprint density at radius 2 is 1.85 bits per heavy atom. The summed E-state index contributed by atoms with van der Waals surface area (Å²) >= 11 is 0. The van der Waals surface area contributed by atoms with E-state index in [9.17, 15) is 18.4 Å². The number of fused-ring (bicyclic) bond motifs is 1. The molecule has 0 radical (unpaired) electrons. The van der Waals surface area contributed by atoms with Crippen LogP contribution in [0.15, 0.2) is 51.7 Å². The van der Waals surface area contributed by atoms with E-state index in [0.717, 1.165) is 11.1 Å². The van der Waals surface area contributed by atoms with Crippen molar-refractivity contribution in [1.29, 1.82) is 0 Å². The molecule has 0 fully saturated rings. The summed E-state index contributed by atoms with van der Waals surface area (Å²) in [5, 5.41) is 0.667. The van der Waals surface area contributed by atoms with Gasteiger partial charge in [0.25, 0.3) is 0 Å². The summed E-state index contributed by atoms with van der Waals surface area (Å²) in [4.78, 5) is 24.0. The zero-order valence-corrected chi connectivity index (χ0v) is 14.6. The van der Waals surface area contributed by atoms with Gasteiger partial charge in [0, 0.05) is 17.0 Å². The minimum Gasteiger partial charge on any atom is -0.457 e. The van der Waals surface area contributed by atoms with Crippen LogP contribution < -0.4 is 10.4 Å². The Morgan fingerprint density at radius 3 is 2.59 bits per heavy atom. The molecule has 1 heterocycles. The van der Waals surface area contributed by atoms with E-state index >= 15 is 0 Å². The van der Waals surface area contributed by atoms with Crippen LogP contribution in [-0.4, -0.2) is 12.6 Å². The molecule has 0 bridgehead atoms. The van der Waals surface area contributed by atoms with E-state index in [1.54, 1.807) is 6.07 Å². The highest BCUT2D eigenvalue weighted by molar-refractivity contribution is 5.90. The molecule has 3 rings (SSSR count). The molecule has 0 N–H and O–H groups in total. The predicted octanol–water partition coefficient (Wildman–Crippen LogP) is 4.37. The minimum atomic E-state index is -2.99. The fourth-order valence-electron chi connectivity index (χ4n) is 2.63. The summed E-state index contributed by atoms with van der Waals surface area (Å²) in [7, 11) is 0. The zero-order valence-electron chi connectivity index (χ0n) is 14.6. The Labute approximate surface area is 153 Å². The van der Waals surface area contributed by atoms with Crippen LogP contribution in [0, 0.1) is 13.8 Å². The number of esters is 1. The quantitative estimate of drug-likeness (QED) is 0.490. The number of aryl methyl sites for hydroxylation is 2. The third-order valence-electron chi connectivity index (χ3n) is 4.10. The first-order valence-corrected chi connectivity index (χ1v) is 8.09.